The van der Waals surface area contributed by atoms with E-state index in [9.17, 15) is 4.39 Å². The molecular weight excluding hydrogens is 337 g/mol. The van der Waals surface area contributed by atoms with Gasteiger partial charge in [0.15, 0.2) is 0 Å². The second-order valence-corrected chi connectivity index (χ2v) is 5.22. The van der Waals surface area contributed by atoms with Gasteiger partial charge in [-0.2, -0.15) is 0 Å². The van der Waals surface area contributed by atoms with Crippen LogP contribution in [0.4, 0.5) is 4.39 Å². The average Bonchev–Trinajstić information content (AvgIpc) is 2.96. The van der Waals surface area contributed by atoms with Crippen LogP contribution in [-0.4, -0.2) is 4.98 Å². The van der Waals surface area contributed by atoms with Crippen LogP contribution >= 0.6 is 15.9 Å². The van der Waals surface area contributed by atoms with E-state index in [0.29, 0.717) is 18.2 Å². The molecule has 1 heterocycles. The number of rotatable bonds is 4. The molecule has 0 aliphatic rings. The Labute approximate surface area is 129 Å². The number of nitrogens with zero attached hydrogens (tertiary/aromatic N) is 1. The minimum atomic E-state index is -0.289. The lowest BCUT2D eigenvalue weighted by Gasteiger charge is -2.05. The summed E-state index contributed by atoms with van der Waals surface area (Å²) < 4.78 is 24.8. The molecule has 5 heteroatoms. The fraction of sp³-hybridized carbons (Fsp3) is 0.0625. The quantitative estimate of drug-likeness (QED) is 0.678. The molecule has 3 rings (SSSR count). The van der Waals surface area contributed by atoms with Crippen LogP contribution in [0.2, 0.25) is 0 Å². The van der Waals surface area contributed by atoms with Crippen LogP contribution in [0.15, 0.2) is 63.7 Å². The van der Waals surface area contributed by atoms with Gasteiger partial charge in [-0.1, -0.05) is 12.1 Å². The van der Waals surface area contributed by atoms with Gasteiger partial charge in [-0.3, -0.25) is 0 Å². The molecule has 0 bridgehead atoms. The highest BCUT2D eigenvalue weighted by molar-refractivity contribution is 9.10. The van der Waals surface area contributed by atoms with Crippen molar-refractivity contribution in [2.75, 3.05) is 0 Å². The van der Waals surface area contributed by atoms with E-state index in [4.69, 9.17) is 9.15 Å². The number of ether oxygens (including phenoxy) is 1. The largest absolute Gasteiger partial charge is 0.486 e. The lowest BCUT2D eigenvalue weighted by molar-refractivity contribution is 0.299. The Hall–Kier alpha value is -2.14. The van der Waals surface area contributed by atoms with Crippen LogP contribution in [0.5, 0.6) is 5.75 Å². The van der Waals surface area contributed by atoms with E-state index in [-0.39, 0.29) is 5.82 Å². The standard InChI is InChI=1S/C16H11BrFNO2/c17-14-3-1-2-4-15(14)20-9-13-10-21-16(19-13)11-5-7-12(18)8-6-11/h1-8,10H,9H2. The molecule has 0 saturated heterocycles. The predicted molar refractivity (Wildman–Crippen MR) is 80.4 cm³/mol. The Morgan fingerprint density at radius 3 is 2.62 bits per heavy atom. The van der Waals surface area contributed by atoms with E-state index in [2.05, 4.69) is 20.9 Å². The molecule has 2 aromatic carbocycles. The molecule has 0 N–H and O–H groups in total. The zero-order valence-electron chi connectivity index (χ0n) is 10.9. The van der Waals surface area contributed by atoms with Gasteiger partial charge in [-0.15, -0.1) is 0 Å². The first-order chi connectivity index (χ1) is 10.2. The van der Waals surface area contributed by atoms with E-state index in [1.54, 1.807) is 12.1 Å². The topological polar surface area (TPSA) is 35.3 Å². The molecule has 21 heavy (non-hydrogen) atoms. The monoisotopic (exact) mass is 347 g/mol. The van der Waals surface area contributed by atoms with Crippen molar-refractivity contribution in [1.29, 1.82) is 0 Å². The summed E-state index contributed by atoms with van der Waals surface area (Å²) >= 11 is 3.41. The number of para-hydroxylation sites is 1. The maximum absolute atomic E-state index is 12.9. The number of halogens is 2. The number of benzene rings is 2. The zero-order valence-corrected chi connectivity index (χ0v) is 12.5. The molecule has 0 radical (unpaired) electrons. The van der Waals surface area contributed by atoms with Crippen molar-refractivity contribution in [1.82, 2.24) is 4.98 Å². The third kappa shape index (κ3) is 3.31. The molecule has 1 aromatic heterocycles. The van der Waals surface area contributed by atoms with E-state index >= 15 is 0 Å². The van der Waals surface area contributed by atoms with Gasteiger partial charge in [0.1, 0.15) is 30.1 Å². The summed E-state index contributed by atoms with van der Waals surface area (Å²) in [5, 5.41) is 0. The Balaban J connectivity index is 1.71. The van der Waals surface area contributed by atoms with Gasteiger partial charge in [0.2, 0.25) is 5.89 Å². The van der Waals surface area contributed by atoms with E-state index in [1.807, 2.05) is 24.3 Å². The highest BCUT2D eigenvalue weighted by atomic mass is 79.9. The second-order valence-electron chi connectivity index (χ2n) is 4.37. The van der Waals surface area contributed by atoms with Gasteiger partial charge < -0.3 is 9.15 Å². The molecule has 3 nitrogen and oxygen atoms in total. The normalized spacial score (nSPS) is 10.6. The van der Waals surface area contributed by atoms with Crippen molar-refractivity contribution in [2.45, 2.75) is 6.61 Å². The van der Waals surface area contributed by atoms with Crippen LogP contribution in [0.1, 0.15) is 5.69 Å². The van der Waals surface area contributed by atoms with Crippen molar-refractivity contribution >= 4 is 15.9 Å². The van der Waals surface area contributed by atoms with E-state index < -0.39 is 0 Å². The lowest BCUT2D eigenvalue weighted by Crippen LogP contribution is -1.96. The molecule has 0 aliphatic heterocycles. The number of hydrogen-bond donors (Lipinski definition) is 0. The Kier molecular flexibility index (Phi) is 4.01. The molecular formula is C16H11BrFNO2. The third-order valence-electron chi connectivity index (χ3n) is 2.86. The summed E-state index contributed by atoms with van der Waals surface area (Å²) in [7, 11) is 0. The summed E-state index contributed by atoms with van der Waals surface area (Å²) in [5.74, 6) is 0.896. The number of aromatic nitrogens is 1. The summed E-state index contributed by atoms with van der Waals surface area (Å²) in [6, 6.07) is 13.6. The molecule has 0 amide bonds. The first kappa shape index (κ1) is 13.8. The molecule has 3 aromatic rings. The maximum Gasteiger partial charge on any atom is 0.226 e. The Morgan fingerprint density at radius 1 is 1.10 bits per heavy atom. The first-order valence-corrected chi connectivity index (χ1v) is 7.09. The predicted octanol–water partition coefficient (Wildman–Crippen LogP) is 4.82. The highest BCUT2D eigenvalue weighted by Crippen LogP contribution is 2.25. The molecule has 0 fully saturated rings. The van der Waals surface area contributed by atoms with Crippen LogP contribution in [0.3, 0.4) is 0 Å². The van der Waals surface area contributed by atoms with Crippen LogP contribution in [0, 0.1) is 5.82 Å². The molecule has 0 spiro atoms. The van der Waals surface area contributed by atoms with Crippen LogP contribution in [-0.2, 0) is 6.61 Å². The SMILES string of the molecule is Fc1ccc(-c2nc(COc3ccccc3Br)co2)cc1. The van der Waals surface area contributed by atoms with E-state index in [0.717, 1.165) is 15.8 Å². The molecule has 106 valence electrons. The summed E-state index contributed by atoms with van der Waals surface area (Å²) in [6.07, 6.45) is 1.54. The van der Waals surface area contributed by atoms with Gasteiger partial charge in [-0.25, -0.2) is 9.37 Å². The van der Waals surface area contributed by atoms with Gasteiger partial charge in [0, 0.05) is 5.56 Å². The van der Waals surface area contributed by atoms with E-state index in [1.165, 1.54) is 18.4 Å². The molecule has 0 atom stereocenters. The van der Waals surface area contributed by atoms with Gasteiger partial charge in [0.05, 0.1) is 4.47 Å². The van der Waals surface area contributed by atoms with Crippen molar-refractivity contribution in [2.24, 2.45) is 0 Å². The van der Waals surface area contributed by atoms with Crippen molar-refractivity contribution in [3.63, 3.8) is 0 Å². The summed E-state index contributed by atoms with van der Waals surface area (Å²) in [4.78, 5) is 4.33. The molecule has 0 unspecified atom stereocenters. The van der Waals surface area contributed by atoms with Gasteiger partial charge in [0.25, 0.3) is 0 Å². The smallest absolute Gasteiger partial charge is 0.226 e. The lowest BCUT2D eigenvalue weighted by atomic mass is 10.2. The highest BCUT2D eigenvalue weighted by Gasteiger charge is 2.08. The molecule has 0 saturated carbocycles. The number of hydrogen-bond acceptors (Lipinski definition) is 3. The zero-order chi connectivity index (χ0) is 14.7. The summed E-state index contributed by atoms with van der Waals surface area (Å²) in [6.45, 7) is 0.299. The van der Waals surface area contributed by atoms with Gasteiger partial charge >= 0.3 is 0 Å². The second kappa shape index (κ2) is 6.10. The first-order valence-electron chi connectivity index (χ1n) is 6.30. The third-order valence-corrected chi connectivity index (χ3v) is 3.51. The van der Waals surface area contributed by atoms with Crippen LogP contribution < -0.4 is 4.74 Å². The average molecular weight is 348 g/mol. The van der Waals surface area contributed by atoms with Crippen molar-refractivity contribution < 1.29 is 13.5 Å². The van der Waals surface area contributed by atoms with Crippen molar-refractivity contribution in [3.8, 4) is 17.2 Å². The fourth-order valence-corrected chi connectivity index (χ4v) is 2.21. The minimum absolute atomic E-state index is 0.289. The van der Waals surface area contributed by atoms with Gasteiger partial charge in [-0.05, 0) is 52.3 Å². The van der Waals surface area contributed by atoms with Crippen molar-refractivity contribution in [3.05, 3.63) is 70.8 Å². The Morgan fingerprint density at radius 2 is 1.86 bits per heavy atom. The Bertz CT molecular complexity index is 740. The molecule has 0 aliphatic carbocycles. The fourth-order valence-electron chi connectivity index (χ4n) is 1.81. The maximum atomic E-state index is 12.9. The van der Waals surface area contributed by atoms with Crippen LogP contribution in [0.25, 0.3) is 11.5 Å². The summed E-state index contributed by atoms with van der Waals surface area (Å²) in [5.41, 5.74) is 1.40. The minimum Gasteiger partial charge on any atom is -0.486 e. The number of oxazole rings is 1.